The van der Waals surface area contributed by atoms with Gasteiger partial charge in [-0.05, 0) is 6.07 Å². The normalized spacial score (nSPS) is 12.8. The highest BCUT2D eigenvalue weighted by atomic mass is 16.6. The van der Waals surface area contributed by atoms with Crippen LogP contribution in [0.5, 0.6) is 0 Å². The second-order valence-electron chi connectivity index (χ2n) is 2.77. The summed E-state index contributed by atoms with van der Waals surface area (Å²) in [6, 6.07) is 3.56. The average Bonchev–Trinajstić information content (AvgIpc) is 2.42. The zero-order valence-electron chi connectivity index (χ0n) is 6.81. The number of non-ortho nitro benzene ring substituents is 1. The van der Waals surface area contributed by atoms with Crippen LogP contribution >= 0.6 is 0 Å². The molecule has 0 radical (unpaired) electrons. The van der Waals surface area contributed by atoms with E-state index in [9.17, 15) is 19.7 Å². The molecule has 0 unspecified atom stereocenters. The molecule has 1 aliphatic rings. The number of nitro benzene ring substituents is 1. The lowest BCUT2D eigenvalue weighted by atomic mass is 10.1. The van der Waals surface area contributed by atoms with Crippen molar-refractivity contribution in [3.8, 4) is 0 Å². The first-order valence-electron chi connectivity index (χ1n) is 3.74. The van der Waals surface area contributed by atoms with Gasteiger partial charge < -0.3 is 0 Å². The zero-order chi connectivity index (χ0) is 10.3. The van der Waals surface area contributed by atoms with Crippen LogP contribution in [0.25, 0.3) is 0 Å². The minimum atomic E-state index is -0.615. The molecule has 0 fully saturated rings. The largest absolute Gasteiger partial charge is 0.288 e. The summed E-state index contributed by atoms with van der Waals surface area (Å²) in [4.78, 5) is 31.9. The summed E-state index contributed by atoms with van der Waals surface area (Å²) < 4.78 is 0. The minimum Gasteiger partial charge on any atom is -0.288 e. The number of nitrogens with zero attached hydrogens (tertiary/aromatic N) is 1. The fraction of sp³-hybridized carbons (Fsp3) is 0.111. The molecule has 1 heterocycles. The maximum absolute atomic E-state index is 11.1. The van der Waals surface area contributed by atoms with Gasteiger partial charge in [0.15, 0.2) is 0 Å². The molecule has 1 aromatic rings. The second kappa shape index (κ2) is 3.49. The number of amides is 2. The van der Waals surface area contributed by atoms with Gasteiger partial charge in [0.25, 0.3) is 17.5 Å². The van der Waals surface area contributed by atoms with Gasteiger partial charge in [-0.25, -0.2) is 0 Å². The first-order chi connectivity index (χ1) is 6.59. The lowest BCUT2D eigenvalue weighted by molar-refractivity contribution is -0.384. The van der Waals surface area contributed by atoms with Crippen LogP contribution in [0.1, 0.15) is 28.1 Å². The Hall–Kier alpha value is -2.24. The Labute approximate surface area is 85.1 Å². The van der Waals surface area contributed by atoms with E-state index >= 15 is 0 Å². The van der Waals surface area contributed by atoms with Crippen molar-refractivity contribution in [2.75, 3.05) is 0 Å². The van der Waals surface area contributed by atoms with Gasteiger partial charge in [0.2, 0.25) is 0 Å². The smallest absolute Gasteiger partial charge is 0.270 e. The van der Waals surface area contributed by atoms with E-state index in [1.54, 1.807) is 0 Å². The molecule has 0 aromatic heterocycles. The highest BCUT2D eigenvalue weighted by molar-refractivity contribution is 6.21. The molecule has 0 saturated carbocycles. The topological polar surface area (TPSA) is 89.3 Å². The first kappa shape index (κ1) is 10.8. The second-order valence-corrected chi connectivity index (χ2v) is 2.77. The standard InChI is InChI=1S/C8H4N2O4.CH4/c11-7-5-2-1-4(10(13)14)3-6(5)8(12)9-7;/h1-3H,(H,9,11,12);1H4. The van der Waals surface area contributed by atoms with Gasteiger partial charge in [-0.1, -0.05) is 7.43 Å². The number of rotatable bonds is 1. The van der Waals surface area contributed by atoms with Crippen molar-refractivity contribution >= 4 is 17.5 Å². The molecule has 1 aromatic carbocycles. The zero-order valence-corrected chi connectivity index (χ0v) is 6.81. The molecule has 0 saturated heterocycles. The predicted octanol–water partition coefficient (Wildman–Crippen LogP) is 1.11. The molecule has 2 rings (SSSR count). The summed E-state index contributed by atoms with van der Waals surface area (Å²) in [6.45, 7) is 0. The fourth-order valence-electron chi connectivity index (χ4n) is 1.27. The van der Waals surface area contributed by atoms with Gasteiger partial charge in [-0.3, -0.25) is 25.0 Å². The van der Waals surface area contributed by atoms with Gasteiger partial charge in [-0.15, -0.1) is 0 Å². The van der Waals surface area contributed by atoms with Crippen molar-refractivity contribution in [1.29, 1.82) is 0 Å². The summed E-state index contributed by atoms with van der Waals surface area (Å²) in [5, 5.41) is 12.4. The van der Waals surface area contributed by atoms with E-state index in [-0.39, 0.29) is 24.2 Å². The Balaban J connectivity index is 0.00000112. The summed E-state index contributed by atoms with van der Waals surface area (Å²) >= 11 is 0. The Morgan fingerprint density at radius 2 is 1.73 bits per heavy atom. The molecule has 15 heavy (non-hydrogen) atoms. The first-order valence-corrected chi connectivity index (χ1v) is 3.74. The number of hydrogen-bond acceptors (Lipinski definition) is 4. The average molecular weight is 208 g/mol. The Morgan fingerprint density at radius 1 is 1.13 bits per heavy atom. The molecule has 0 aliphatic carbocycles. The molecule has 1 aliphatic heterocycles. The SMILES string of the molecule is C.O=C1NC(=O)c2cc([N+](=O)[O-])ccc21. The predicted molar refractivity (Wildman–Crippen MR) is 51.6 cm³/mol. The molecule has 6 heteroatoms. The number of hydrogen-bond donors (Lipinski definition) is 1. The van der Waals surface area contributed by atoms with E-state index in [0.717, 1.165) is 6.07 Å². The van der Waals surface area contributed by atoms with E-state index in [4.69, 9.17) is 0 Å². The van der Waals surface area contributed by atoms with Crippen LogP contribution in [0.15, 0.2) is 18.2 Å². The lowest BCUT2D eigenvalue weighted by Crippen LogP contribution is -2.19. The van der Waals surface area contributed by atoms with E-state index in [0.29, 0.717) is 0 Å². The number of carbonyl (C=O) groups is 2. The summed E-state index contributed by atoms with van der Waals surface area (Å²) in [7, 11) is 0. The molecule has 6 nitrogen and oxygen atoms in total. The third kappa shape index (κ3) is 1.56. The molecule has 78 valence electrons. The molecule has 0 bridgehead atoms. The van der Waals surface area contributed by atoms with Crippen LogP contribution in [-0.4, -0.2) is 16.7 Å². The van der Waals surface area contributed by atoms with Crippen molar-refractivity contribution in [3.63, 3.8) is 0 Å². The van der Waals surface area contributed by atoms with Gasteiger partial charge >= 0.3 is 0 Å². The van der Waals surface area contributed by atoms with E-state index in [1.807, 2.05) is 5.32 Å². The maximum Gasteiger partial charge on any atom is 0.270 e. The Bertz CT molecular complexity index is 467. The van der Waals surface area contributed by atoms with Crippen LogP contribution < -0.4 is 5.32 Å². The number of benzene rings is 1. The Morgan fingerprint density at radius 3 is 2.33 bits per heavy atom. The lowest BCUT2D eigenvalue weighted by Gasteiger charge is -1.93. The summed E-state index contributed by atoms with van der Waals surface area (Å²) in [6.07, 6.45) is 0. The quantitative estimate of drug-likeness (QED) is 0.425. The molecular weight excluding hydrogens is 200 g/mol. The van der Waals surface area contributed by atoms with Crippen molar-refractivity contribution in [2.24, 2.45) is 0 Å². The van der Waals surface area contributed by atoms with E-state index in [2.05, 4.69) is 0 Å². The van der Waals surface area contributed by atoms with Gasteiger partial charge in [-0.2, -0.15) is 0 Å². The molecule has 0 spiro atoms. The van der Waals surface area contributed by atoms with Crippen LogP contribution in [0, 0.1) is 10.1 Å². The fourth-order valence-corrected chi connectivity index (χ4v) is 1.27. The van der Waals surface area contributed by atoms with Gasteiger partial charge in [0.1, 0.15) is 0 Å². The van der Waals surface area contributed by atoms with Crippen LogP contribution in [0.4, 0.5) is 5.69 Å². The van der Waals surface area contributed by atoms with E-state index in [1.165, 1.54) is 12.1 Å². The number of fused-ring (bicyclic) bond motifs is 1. The highest BCUT2D eigenvalue weighted by Gasteiger charge is 2.28. The van der Waals surface area contributed by atoms with Crippen molar-refractivity contribution in [2.45, 2.75) is 7.43 Å². The Kier molecular flexibility index (Phi) is 2.52. The molecule has 2 amide bonds. The summed E-state index contributed by atoms with van der Waals surface area (Å²) in [5.74, 6) is -1.10. The van der Waals surface area contributed by atoms with E-state index < -0.39 is 16.7 Å². The van der Waals surface area contributed by atoms with Gasteiger partial charge in [0, 0.05) is 12.1 Å². The van der Waals surface area contributed by atoms with Crippen LogP contribution in [0.2, 0.25) is 0 Å². The number of nitrogens with one attached hydrogen (secondary N) is 1. The molecule has 1 N–H and O–H groups in total. The van der Waals surface area contributed by atoms with Gasteiger partial charge in [0.05, 0.1) is 16.1 Å². The number of imide groups is 1. The molecule has 0 atom stereocenters. The highest BCUT2D eigenvalue weighted by Crippen LogP contribution is 2.21. The monoisotopic (exact) mass is 208 g/mol. The van der Waals surface area contributed by atoms with Crippen molar-refractivity contribution < 1.29 is 14.5 Å². The minimum absolute atomic E-state index is 0. The third-order valence-electron chi connectivity index (χ3n) is 1.93. The van der Waals surface area contributed by atoms with Crippen molar-refractivity contribution in [1.82, 2.24) is 5.32 Å². The number of nitro groups is 1. The third-order valence-corrected chi connectivity index (χ3v) is 1.93. The van der Waals surface area contributed by atoms with Crippen molar-refractivity contribution in [3.05, 3.63) is 39.4 Å². The maximum atomic E-state index is 11.1. The molecular formula is C9H8N2O4. The number of carbonyl (C=O) groups excluding carboxylic acids is 2. The summed E-state index contributed by atoms with van der Waals surface area (Å²) in [5.41, 5.74) is 0.0402. The van der Waals surface area contributed by atoms with Crippen LogP contribution in [0.3, 0.4) is 0 Å². The van der Waals surface area contributed by atoms with Crippen LogP contribution in [-0.2, 0) is 0 Å².